The summed E-state index contributed by atoms with van der Waals surface area (Å²) in [6.07, 6.45) is 3.88. The van der Waals surface area contributed by atoms with Crippen LogP contribution in [0.2, 0.25) is 0 Å². The SMILES string of the molecule is Cc1cccn2cc(CS(=O)Cc3nsc(N(C)C)n3)nc12. The minimum Gasteiger partial charge on any atom is -0.353 e. The molecule has 0 N–H and O–H groups in total. The second kappa shape index (κ2) is 6.13. The van der Waals surface area contributed by atoms with Crippen LogP contribution < -0.4 is 4.90 Å². The molecule has 3 aromatic rings. The number of aromatic nitrogens is 4. The molecule has 22 heavy (non-hydrogen) atoms. The largest absolute Gasteiger partial charge is 0.353 e. The fraction of sp³-hybridized carbons (Fsp3) is 0.357. The fourth-order valence-electron chi connectivity index (χ4n) is 2.12. The Morgan fingerprint density at radius 3 is 2.82 bits per heavy atom. The highest BCUT2D eigenvalue weighted by Gasteiger charge is 2.12. The molecule has 0 fully saturated rings. The Hall–Kier alpha value is -1.80. The van der Waals surface area contributed by atoms with Gasteiger partial charge in [0.25, 0.3) is 0 Å². The number of fused-ring (bicyclic) bond motifs is 1. The number of nitrogens with zero attached hydrogens (tertiary/aromatic N) is 5. The summed E-state index contributed by atoms with van der Waals surface area (Å²) in [4.78, 5) is 10.8. The van der Waals surface area contributed by atoms with E-state index >= 15 is 0 Å². The number of hydrogen-bond acceptors (Lipinski definition) is 6. The third-order valence-corrected chi connectivity index (χ3v) is 5.29. The molecule has 8 heteroatoms. The molecule has 0 radical (unpaired) electrons. The predicted molar refractivity (Wildman–Crippen MR) is 89.7 cm³/mol. The van der Waals surface area contributed by atoms with Gasteiger partial charge in [-0.15, -0.1) is 0 Å². The lowest BCUT2D eigenvalue weighted by atomic mass is 10.3. The lowest BCUT2D eigenvalue weighted by molar-refractivity contribution is 0.681. The average molecular weight is 335 g/mol. The van der Waals surface area contributed by atoms with E-state index in [9.17, 15) is 4.21 Å². The Morgan fingerprint density at radius 1 is 1.32 bits per heavy atom. The summed E-state index contributed by atoms with van der Waals surface area (Å²) in [5.74, 6) is 1.40. The molecule has 0 saturated heterocycles. The minimum absolute atomic E-state index is 0.358. The highest BCUT2D eigenvalue weighted by molar-refractivity contribution is 7.83. The van der Waals surface area contributed by atoms with Crippen molar-refractivity contribution in [2.24, 2.45) is 0 Å². The molecule has 6 nitrogen and oxygen atoms in total. The first-order valence-electron chi connectivity index (χ1n) is 6.81. The molecule has 3 rings (SSSR count). The molecule has 0 aromatic carbocycles. The van der Waals surface area contributed by atoms with Crippen LogP contribution in [0, 0.1) is 6.92 Å². The van der Waals surface area contributed by atoms with Gasteiger partial charge < -0.3 is 9.30 Å². The van der Waals surface area contributed by atoms with Crippen molar-refractivity contribution in [1.29, 1.82) is 0 Å². The van der Waals surface area contributed by atoms with Gasteiger partial charge in [-0.1, -0.05) is 6.07 Å². The number of hydrogen-bond donors (Lipinski definition) is 0. The molecular weight excluding hydrogens is 318 g/mol. The van der Waals surface area contributed by atoms with Crippen LogP contribution >= 0.6 is 11.5 Å². The third-order valence-electron chi connectivity index (χ3n) is 3.17. The molecule has 0 saturated carbocycles. The molecule has 0 bridgehead atoms. The minimum atomic E-state index is -1.07. The quantitative estimate of drug-likeness (QED) is 0.714. The van der Waals surface area contributed by atoms with Crippen LogP contribution in [0.25, 0.3) is 5.65 Å². The van der Waals surface area contributed by atoms with Crippen molar-refractivity contribution in [3.05, 3.63) is 41.6 Å². The highest BCUT2D eigenvalue weighted by atomic mass is 32.2. The zero-order chi connectivity index (χ0) is 15.7. The van der Waals surface area contributed by atoms with E-state index < -0.39 is 10.8 Å². The lowest BCUT2D eigenvalue weighted by Gasteiger charge is -2.04. The van der Waals surface area contributed by atoms with Crippen LogP contribution in [0.5, 0.6) is 0 Å². The summed E-state index contributed by atoms with van der Waals surface area (Å²) < 4.78 is 18.5. The highest BCUT2D eigenvalue weighted by Crippen LogP contribution is 2.16. The van der Waals surface area contributed by atoms with Gasteiger partial charge in [0.05, 0.1) is 17.2 Å². The van der Waals surface area contributed by atoms with Crippen molar-refractivity contribution in [2.45, 2.75) is 18.4 Å². The first-order chi connectivity index (χ1) is 10.5. The zero-order valence-electron chi connectivity index (χ0n) is 12.7. The Bertz CT molecular complexity index is 824. The van der Waals surface area contributed by atoms with E-state index in [4.69, 9.17) is 0 Å². The van der Waals surface area contributed by atoms with Crippen molar-refractivity contribution in [3.8, 4) is 0 Å². The summed E-state index contributed by atoms with van der Waals surface area (Å²) in [7, 11) is 2.77. The van der Waals surface area contributed by atoms with Crippen LogP contribution in [-0.2, 0) is 22.3 Å². The summed E-state index contributed by atoms with van der Waals surface area (Å²) in [5, 5.41) is 0.829. The van der Waals surface area contributed by atoms with Crippen LogP contribution in [0.15, 0.2) is 24.5 Å². The van der Waals surface area contributed by atoms with Gasteiger partial charge in [0.1, 0.15) is 5.65 Å². The average Bonchev–Trinajstić information content (AvgIpc) is 3.06. The Kier molecular flexibility index (Phi) is 4.21. The summed E-state index contributed by atoms with van der Waals surface area (Å²) in [5.41, 5.74) is 2.85. The molecule has 0 aliphatic carbocycles. The van der Waals surface area contributed by atoms with E-state index in [2.05, 4.69) is 14.3 Å². The second-order valence-electron chi connectivity index (χ2n) is 5.27. The number of aryl methyl sites for hydroxylation is 1. The van der Waals surface area contributed by atoms with Crippen LogP contribution in [-0.4, -0.2) is 37.0 Å². The monoisotopic (exact) mass is 335 g/mol. The smallest absolute Gasteiger partial charge is 0.204 e. The lowest BCUT2D eigenvalue weighted by Crippen LogP contribution is -2.08. The predicted octanol–water partition coefficient (Wildman–Crippen LogP) is 2.01. The van der Waals surface area contributed by atoms with Crippen molar-refractivity contribution in [2.75, 3.05) is 19.0 Å². The molecule has 0 aliphatic heterocycles. The zero-order valence-corrected chi connectivity index (χ0v) is 14.3. The first kappa shape index (κ1) is 15.1. The van der Waals surface area contributed by atoms with Crippen molar-refractivity contribution < 1.29 is 4.21 Å². The van der Waals surface area contributed by atoms with Gasteiger partial charge in [0.15, 0.2) is 5.82 Å². The van der Waals surface area contributed by atoms with E-state index in [1.165, 1.54) is 11.5 Å². The number of anilines is 1. The molecule has 0 aliphatic rings. The summed E-state index contributed by atoms with van der Waals surface area (Å²) >= 11 is 1.32. The van der Waals surface area contributed by atoms with Crippen LogP contribution in [0.4, 0.5) is 5.13 Å². The van der Waals surface area contributed by atoms with Crippen LogP contribution in [0.1, 0.15) is 17.1 Å². The molecule has 1 atom stereocenters. The first-order valence-corrected chi connectivity index (χ1v) is 9.07. The van der Waals surface area contributed by atoms with E-state index in [0.29, 0.717) is 17.3 Å². The second-order valence-corrected chi connectivity index (χ2v) is 7.46. The van der Waals surface area contributed by atoms with Gasteiger partial charge in [-0.25, -0.2) is 9.97 Å². The van der Waals surface area contributed by atoms with E-state index in [1.807, 2.05) is 54.8 Å². The van der Waals surface area contributed by atoms with E-state index in [-0.39, 0.29) is 0 Å². The number of imidazole rings is 1. The van der Waals surface area contributed by atoms with Crippen molar-refractivity contribution in [1.82, 2.24) is 18.7 Å². The maximum absolute atomic E-state index is 12.3. The Morgan fingerprint density at radius 2 is 2.14 bits per heavy atom. The van der Waals surface area contributed by atoms with Crippen LogP contribution in [0.3, 0.4) is 0 Å². The van der Waals surface area contributed by atoms with E-state index in [1.54, 1.807) is 0 Å². The Balaban J connectivity index is 1.71. The van der Waals surface area contributed by atoms with Gasteiger partial charge in [-0.05, 0) is 18.6 Å². The summed E-state index contributed by atoms with van der Waals surface area (Å²) in [6.45, 7) is 2.02. The molecule has 3 heterocycles. The number of pyridine rings is 1. The molecule has 0 spiro atoms. The summed E-state index contributed by atoms with van der Waals surface area (Å²) in [6, 6.07) is 4.00. The van der Waals surface area contributed by atoms with Gasteiger partial charge in [-0.3, -0.25) is 4.21 Å². The van der Waals surface area contributed by atoms with Gasteiger partial charge in [0, 0.05) is 48.8 Å². The van der Waals surface area contributed by atoms with Crippen molar-refractivity contribution in [3.63, 3.8) is 0 Å². The van der Waals surface area contributed by atoms with E-state index in [0.717, 1.165) is 22.0 Å². The third kappa shape index (κ3) is 3.17. The Labute approximate surface area is 135 Å². The maximum Gasteiger partial charge on any atom is 0.204 e. The van der Waals surface area contributed by atoms with Gasteiger partial charge >= 0.3 is 0 Å². The molecule has 116 valence electrons. The standard InChI is InChI=1S/C14H17N5OS2/c1-10-5-4-6-19-7-11(15-13(10)19)8-22(20)9-12-16-14(18(2)3)21-17-12/h4-7H,8-9H2,1-3H3. The number of rotatable bonds is 5. The van der Waals surface area contributed by atoms with Gasteiger partial charge in [-0.2, -0.15) is 4.37 Å². The molecule has 0 amide bonds. The topological polar surface area (TPSA) is 63.4 Å². The normalized spacial score (nSPS) is 12.7. The van der Waals surface area contributed by atoms with Gasteiger partial charge in [0.2, 0.25) is 5.13 Å². The maximum atomic E-state index is 12.3. The molecule has 3 aromatic heterocycles. The van der Waals surface area contributed by atoms with Crippen molar-refractivity contribution >= 4 is 33.1 Å². The fourth-order valence-corrected chi connectivity index (χ4v) is 3.79. The molecule has 1 unspecified atom stereocenters. The molecular formula is C14H17N5OS2.